The van der Waals surface area contributed by atoms with Crippen molar-refractivity contribution in [3.8, 4) is 11.8 Å². The Morgan fingerprint density at radius 2 is 1.81 bits per heavy atom. The summed E-state index contributed by atoms with van der Waals surface area (Å²) in [5.41, 5.74) is -2.08. The van der Waals surface area contributed by atoms with Crippen LogP contribution in [0.3, 0.4) is 0 Å². The first kappa shape index (κ1) is 18.1. The average Bonchev–Trinajstić information content (AvgIpc) is 2.61. The molecule has 2 rings (SSSR count). The number of nitro groups is 2. The Bertz CT molecular complexity index is 963. The molecule has 10 heteroatoms. The van der Waals surface area contributed by atoms with E-state index < -0.39 is 44.0 Å². The molecule has 0 radical (unpaired) electrons. The highest BCUT2D eigenvalue weighted by Crippen LogP contribution is 2.35. The van der Waals surface area contributed by atoms with E-state index in [0.717, 1.165) is 12.1 Å². The fourth-order valence-electron chi connectivity index (χ4n) is 2.00. The summed E-state index contributed by atoms with van der Waals surface area (Å²) in [7, 11) is 0. The smallest absolute Gasteiger partial charge is 0.318 e. The molecule has 0 saturated carbocycles. The Labute approximate surface area is 145 Å². The summed E-state index contributed by atoms with van der Waals surface area (Å²) in [6, 6.07) is 11.2. The minimum atomic E-state index is -1.00. The number of carbonyl (C=O) groups excluding carboxylic acids is 1. The first-order valence-electron chi connectivity index (χ1n) is 6.97. The van der Waals surface area contributed by atoms with E-state index in [1.54, 1.807) is 36.4 Å². The summed E-state index contributed by atoms with van der Waals surface area (Å²) in [4.78, 5) is 32.1. The molecule has 0 aromatic heterocycles. The molecule has 2 aromatic carbocycles. The first-order chi connectivity index (χ1) is 12.3. The predicted octanol–water partition coefficient (Wildman–Crippen LogP) is 2.75. The number of nitrogens with one attached hydrogen (secondary N) is 1. The van der Waals surface area contributed by atoms with Crippen LogP contribution in [0.5, 0.6) is 5.75 Å². The van der Waals surface area contributed by atoms with Crippen molar-refractivity contribution in [3.05, 3.63) is 73.8 Å². The molecule has 1 amide bonds. The van der Waals surface area contributed by atoms with E-state index in [4.69, 9.17) is 5.26 Å². The minimum absolute atomic E-state index is 0.396. The third-order valence-electron chi connectivity index (χ3n) is 3.21. The molecular weight excluding hydrogens is 344 g/mol. The number of phenolic OH excluding ortho intramolecular Hbond substituents is 1. The van der Waals surface area contributed by atoms with Gasteiger partial charge in [-0.25, -0.2) is 0 Å². The molecule has 0 heterocycles. The average molecular weight is 354 g/mol. The number of hydrogen-bond donors (Lipinski definition) is 2. The maximum atomic E-state index is 12.1. The second-order valence-electron chi connectivity index (χ2n) is 4.91. The lowest BCUT2D eigenvalue weighted by atomic mass is 10.1. The highest BCUT2D eigenvalue weighted by atomic mass is 16.6. The number of non-ortho nitro benzene ring substituents is 1. The molecule has 0 atom stereocenters. The summed E-state index contributed by atoms with van der Waals surface area (Å²) in [6.07, 6.45) is 0.841. The molecular formula is C16H10N4O6. The monoisotopic (exact) mass is 354 g/mol. The summed E-state index contributed by atoms with van der Waals surface area (Å²) in [5, 5.41) is 43.4. The molecule has 0 aliphatic heterocycles. The van der Waals surface area contributed by atoms with Gasteiger partial charge in [0, 0.05) is 17.3 Å². The first-order valence-corrected chi connectivity index (χ1v) is 6.97. The zero-order chi connectivity index (χ0) is 19.3. The number of nitro benzene ring substituents is 2. The number of anilines is 1. The van der Waals surface area contributed by atoms with E-state index in [1.165, 1.54) is 0 Å². The standard InChI is InChI=1S/C16H10N4O6/c17-9-11(16(22)18-12-4-2-1-3-5-12)6-10-7-13(19(23)24)8-14(15(10)21)20(25)26/h1-8,21H,(H,18,22)/b11-6-. The highest BCUT2D eigenvalue weighted by molar-refractivity contribution is 6.10. The maximum Gasteiger partial charge on any atom is 0.318 e. The fraction of sp³-hybridized carbons (Fsp3) is 0. The SMILES string of the molecule is N#C/C(=C/c1cc([N+](=O)[O-])cc([N+](=O)[O-])c1O)C(=O)Nc1ccccc1. The molecule has 0 spiro atoms. The number of aromatic hydroxyl groups is 1. The number of phenols is 1. The van der Waals surface area contributed by atoms with E-state index in [0.29, 0.717) is 11.8 Å². The third kappa shape index (κ3) is 3.98. The molecule has 2 aromatic rings. The van der Waals surface area contributed by atoms with Gasteiger partial charge in [-0.05, 0) is 18.2 Å². The van der Waals surface area contributed by atoms with E-state index in [-0.39, 0.29) is 0 Å². The van der Waals surface area contributed by atoms with E-state index in [9.17, 15) is 30.1 Å². The van der Waals surface area contributed by atoms with Crippen LogP contribution in [-0.2, 0) is 4.79 Å². The molecule has 2 N–H and O–H groups in total. The van der Waals surface area contributed by atoms with Crippen molar-refractivity contribution in [2.45, 2.75) is 0 Å². The van der Waals surface area contributed by atoms with Crippen molar-refractivity contribution in [3.63, 3.8) is 0 Å². The van der Waals surface area contributed by atoms with Gasteiger partial charge >= 0.3 is 5.69 Å². The predicted molar refractivity (Wildman–Crippen MR) is 90.1 cm³/mol. The third-order valence-corrected chi connectivity index (χ3v) is 3.21. The van der Waals surface area contributed by atoms with Gasteiger partial charge in [-0.2, -0.15) is 5.26 Å². The van der Waals surface area contributed by atoms with Crippen molar-refractivity contribution < 1.29 is 19.7 Å². The zero-order valence-corrected chi connectivity index (χ0v) is 12.9. The second-order valence-corrected chi connectivity index (χ2v) is 4.91. The lowest BCUT2D eigenvalue weighted by Crippen LogP contribution is -2.13. The van der Waals surface area contributed by atoms with E-state index >= 15 is 0 Å². The number of hydrogen-bond acceptors (Lipinski definition) is 7. The minimum Gasteiger partial charge on any atom is -0.502 e. The topological polar surface area (TPSA) is 159 Å². The van der Waals surface area contributed by atoms with Crippen LogP contribution >= 0.6 is 0 Å². The number of rotatable bonds is 5. The Kier molecular flexibility index (Phi) is 5.24. The molecule has 130 valence electrons. The number of carbonyl (C=O) groups is 1. The van der Waals surface area contributed by atoms with Crippen LogP contribution < -0.4 is 5.32 Å². The molecule has 26 heavy (non-hydrogen) atoms. The number of nitrogens with zero attached hydrogens (tertiary/aromatic N) is 3. The summed E-state index contributed by atoms with van der Waals surface area (Å²) in [6.45, 7) is 0. The van der Waals surface area contributed by atoms with Crippen molar-refractivity contribution in [1.29, 1.82) is 5.26 Å². The van der Waals surface area contributed by atoms with E-state index in [2.05, 4.69) is 5.32 Å². The molecule has 0 bridgehead atoms. The van der Waals surface area contributed by atoms with Gasteiger partial charge in [0.1, 0.15) is 11.6 Å². The van der Waals surface area contributed by atoms with Gasteiger partial charge in [0.2, 0.25) is 5.75 Å². The highest BCUT2D eigenvalue weighted by Gasteiger charge is 2.24. The van der Waals surface area contributed by atoms with Crippen molar-refractivity contribution in [2.24, 2.45) is 0 Å². The van der Waals surface area contributed by atoms with E-state index in [1.807, 2.05) is 0 Å². The van der Waals surface area contributed by atoms with Crippen LogP contribution in [0.25, 0.3) is 6.08 Å². The molecule has 0 aliphatic carbocycles. The summed E-state index contributed by atoms with van der Waals surface area (Å²) < 4.78 is 0. The number of amides is 1. The van der Waals surface area contributed by atoms with Gasteiger partial charge in [0.15, 0.2) is 0 Å². The maximum absolute atomic E-state index is 12.1. The van der Waals surface area contributed by atoms with Crippen LogP contribution in [0, 0.1) is 31.6 Å². The largest absolute Gasteiger partial charge is 0.502 e. The van der Waals surface area contributed by atoms with Gasteiger partial charge in [-0.1, -0.05) is 18.2 Å². The van der Waals surface area contributed by atoms with Crippen molar-refractivity contribution >= 4 is 29.0 Å². The molecule has 0 fully saturated rings. The van der Waals surface area contributed by atoms with Gasteiger partial charge in [-0.3, -0.25) is 25.0 Å². The Morgan fingerprint density at radius 1 is 1.15 bits per heavy atom. The quantitative estimate of drug-likeness (QED) is 0.361. The van der Waals surface area contributed by atoms with Crippen LogP contribution in [0.15, 0.2) is 48.0 Å². The van der Waals surface area contributed by atoms with Crippen molar-refractivity contribution in [2.75, 3.05) is 5.32 Å². The normalized spacial score (nSPS) is 10.7. The second kappa shape index (κ2) is 7.54. The summed E-state index contributed by atoms with van der Waals surface area (Å²) in [5.74, 6) is -1.73. The Hall–Kier alpha value is -4.26. The number of para-hydroxylation sites is 1. The van der Waals surface area contributed by atoms with Crippen LogP contribution in [-0.4, -0.2) is 20.9 Å². The van der Waals surface area contributed by atoms with Gasteiger partial charge in [0.05, 0.1) is 15.9 Å². The Balaban J connectivity index is 2.48. The lowest BCUT2D eigenvalue weighted by Gasteiger charge is -2.05. The van der Waals surface area contributed by atoms with Gasteiger partial charge in [-0.15, -0.1) is 0 Å². The molecule has 10 nitrogen and oxygen atoms in total. The van der Waals surface area contributed by atoms with Crippen LogP contribution in [0.4, 0.5) is 17.1 Å². The van der Waals surface area contributed by atoms with Crippen LogP contribution in [0.1, 0.15) is 5.56 Å². The molecule has 0 unspecified atom stereocenters. The molecule has 0 aliphatic rings. The summed E-state index contributed by atoms with van der Waals surface area (Å²) >= 11 is 0. The van der Waals surface area contributed by atoms with Gasteiger partial charge < -0.3 is 10.4 Å². The lowest BCUT2D eigenvalue weighted by molar-refractivity contribution is -0.394. The fourth-order valence-corrected chi connectivity index (χ4v) is 2.00. The number of benzene rings is 2. The Morgan fingerprint density at radius 3 is 2.35 bits per heavy atom. The van der Waals surface area contributed by atoms with Crippen molar-refractivity contribution in [1.82, 2.24) is 0 Å². The van der Waals surface area contributed by atoms with Crippen LogP contribution in [0.2, 0.25) is 0 Å². The van der Waals surface area contributed by atoms with Gasteiger partial charge in [0.25, 0.3) is 11.6 Å². The molecule has 0 saturated heterocycles. The zero-order valence-electron chi connectivity index (χ0n) is 12.9. The number of nitriles is 1.